The van der Waals surface area contributed by atoms with E-state index in [1.54, 1.807) is 0 Å². The van der Waals surface area contributed by atoms with Crippen LogP contribution in [0.3, 0.4) is 0 Å². The van der Waals surface area contributed by atoms with Gasteiger partial charge in [0.15, 0.2) is 0 Å². The molecule has 1 aliphatic rings. The Morgan fingerprint density at radius 1 is 1.55 bits per heavy atom. The van der Waals surface area contributed by atoms with Gasteiger partial charge in [-0.15, -0.1) is 0 Å². The molecule has 0 aromatic carbocycles. The van der Waals surface area contributed by atoms with E-state index in [2.05, 4.69) is 16.4 Å². The zero-order valence-electron chi connectivity index (χ0n) is 6.92. The number of hydrogen-bond acceptors (Lipinski definition) is 1. The van der Waals surface area contributed by atoms with Crippen LogP contribution in [-0.2, 0) is 4.52 Å². The van der Waals surface area contributed by atoms with Crippen LogP contribution in [0, 0.1) is 11.8 Å². The van der Waals surface area contributed by atoms with Crippen molar-refractivity contribution in [2.75, 3.05) is 6.61 Å². The minimum atomic E-state index is -0.579. The quantitative estimate of drug-likeness (QED) is 0.603. The zero-order chi connectivity index (χ0) is 8.27. The molecule has 0 N–H and O–H groups in total. The van der Waals surface area contributed by atoms with Crippen molar-refractivity contribution in [3.63, 3.8) is 0 Å². The lowest BCUT2D eigenvalue weighted by Crippen LogP contribution is -2.09. The highest BCUT2D eigenvalue weighted by Crippen LogP contribution is 2.35. The van der Waals surface area contributed by atoms with Crippen molar-refractivity contribution < 1.29 is 8.91 Å². The Morgan fingerprint density at radius 2 is 2.27 bits per heavy atom. The summed E-state index contributed by atoms with van der Waals surface area (Å²) in [6, 6.07) is 0. The van der Waals surface area contributed by atoms with Gasteiger partial charge in [0.05, 0.1) is 6.61 Å². The van der Waals surface area contributed by atoms with E-state index in [4.69, 9.17) is 4.52 Å². The summed E-state index contributed by atoms with van der Waals surface area (Å²) in [7, 11) is 2.20. The van der Waals surface area contributed by atoms with Crippen LogP contribution in [-0.4, -0.2) is 12.8 Å². The van der Waals surface area contributed by atoms with Gasteiger partial charge in [0.1, 0.15) is 6.17 Å². The first-order valence-corrected chi connectivity index (χ1v) is 4.67. The van der Waals surface area contributed by atoms with E-state index >= 15 is 0 Å². The minimum Gasteiger partial charge on any atom is -0.366 e. The molecule has 0 spiro atoms. The van der Waals surface area contributed by atoms with E-state index in [0.717, 1.165) is 19.3 Å². The molecular weight excluding hydrogens is 162 g/mol. The molecular formula is C8H16FOP. The van der Waals surface area contributed by atoms with Crippen molar-refractivity contribution in [1.29, 1.82) is 0 Å². The van der Waals surface area contributed by atoms with E-state index in [9.17, 15) is 4.39 Å². The summed E-state index contributed by atoms with van der Waals surface area (Å²) in [5.74, 6) is 0.824. The molecule has 0 amide bonds. The lowest BCUT2D eigenvalue weighted by molar-refractivity contribution is 0.222. The van der Waals surface area contributed by atoms with Gasteiger partial charge in [-0.05, 0) is 31.1 Å². The van der Waals surface area contributed by atoms with Gasteiger partial charge >= 0.3 is 0 Å². The standard InChI is InChI=1S/C8H16FOP/c1-6-4-7(2-3-10-11)8(9)5-6/h6-8H,2-5,11H2,1H3. The predicted molar refractivity (Wildman–Crippen MR) is 47.1 cm³/mol. The topological polar surface area (TPSA) is 9.23 Å². The molecule has 0 bridgehead atoms. The first-order valence-electron chi connectivity index (χ1n) is 4.19. The second-order valence-corrected chi connectivity index (χ2v) is 3.85. The number of rotatable bonds is 3. The molecule has 1 rings (SSSR count). The maximum absolute atomic E-state index is 13.1. The van der Waals surface area contributed by atoms with Gasteiger partial charge in [-0.2, -0.15) is 0 Å². The van der Waals surface area contributed by atoms with Crippen LogP contribution >= 0.6 is 9.47 Å². The van der Waals surface area contributed by atoms with Crippen molar-refractivity contribution in [3.05, 3.63) is 0 Å². The van der Waals surface area contributed by atoms with Crippen LogP contribution in [0.25, 0.3) is 0 Å². The summed E-state index contributed by atoms with van der Waals surface area (Å²) in [5, 5.41) is 0. The minimum absolute atomic E-state index is 0.255. The number of hydrogen-bond donors (Lipinski definition) is 0. The highest BCUT2D eigenvalue weighted by atomic mass is 31.0. The van der Waals surface area contributed by atoms with Gasteiger partial charge in [0.25, 0.3) is 0 Å². The first kappa shape index (κ1) is 9.41. The SMILES string of the molecule is CC1CC(F)C(CCOP)C1. The van der Waals surface area contributed by atoms with Gasteiger partial charge < -0.3 is 4.52 Å². The first-order chi connectivity index (χ1) is 5.24. The molecule has 0 heterocycles. The van der Waals surface area contributed by atoms with Gasteiger partial charge in [-0.1, -0.05) is 6.92 Å². The molecule has 0 aromatic heterocycles. The maximum Gasteiger partial charge on any atom is 0.103 e. The lowest BCUT2D eigenvalue weighted by atomic mass is 10.0. The largest absolute Gasteiger partial charge is 0.366 e. The molecule has 66 valence electrons. The Bertz CT molecular complexity index is 121. The van der Waals surface area contributed by atoms with Crippen LogP contribution in [0.2, 0.25) is 0 Å². The van der Waals surface area contributed by atoms with E-state index in [0.29, 0.717) is 12.5 Å². The molecule has 0 saturated heterocycles. The van der Waals surface area contributed by atoms with Gasteiger partial charge in [-0.3, -0.25) is 0 Å². The third-order valence-electron chi connectivity index (χ3n) is 2.45. The summed E-state index contributed by atoms with van der Waals surface area (Å²) in [6.45, 7) is 2.79. The van der Waals surface area contributed by atoms with Crippen LogP contribution in [0.4, 0.5) is 4.39 Å². The molecule has 4 unspecified atom stereocenters. The molecule has 1 saturated carbocycles. The average Bonchev–Trinajstić information content (AvgIpc) is 2.26. The summed E-state index contributed by atoms with van der Waals surface area (Å²) in [5.41, 5.74) is 0. The van der Waals surface area contributed by atoms with E-state index in [1.165, 1.54) is 0 Å². The van der Waals surface area contributed by atoms with Crippen LogP contribution in [0.15, 0.2) is 0 Å². The summed E-state index contributed by atoms with van der Waals surface area (Å²) in [4.78, 5) is 0. The third-order valence-corrected chi connectivity index (χ3v) is 2.69. The second kappa shape index (κ2) is 4.37. The Labute approximate surface area is 70.0 Å². The smallest absolute Gasteiger partial charge is 0.103 e. The fraction of sp³-hybridized carbons (Fsp3) is 1.00. The summed E-state index contributed by atoms with van der Waals surface area (Å²) in [6.07, 6.45) is 2.08. The lowest BCUT2D eigenvalue weighted by Gasteiger charge is -2.10. The summed E-state index contributed by atoms with van der Waals surface area (Å²) >= 11 is 0. The Balaban J connectivity index is 2.23. The van der Waals surface area contributed by atoms with Crippen molar-refractivity contribution in [2.45, 2.75) is 32.4 Å². The Hall–Kier alpha value is 0.320. The molecule has 11 heavy (non-hydrogen) atoms. The van der Waals surface area contributed by atoms with E-state index in [1.807, 2.05) is 0 Å². The summed E-state index contributed by atoms with van der Waals surface area (Å²) < 4.78 is 17.9. The molecule has 1 nitrogen and oxygen atoms in total. The van der Waals surface area contributed by atoms with Crippen LogP contribution < -0.4 is 0 Å². The fourth-order valence-electron chi connectivity index (χ4n) is 1.86. The second-order valence-electron chi connectivity index (χ2n) is 3.51. The fourth-order valence-corrected chi connectivity index (χ4v) is 1.99. The van der Waals surface area contributed by atoms with E-state index in [-0.39, 0.29) is 5.92 Å². The van der Waals surface area contributed by atoms with Crippen LogP contribution in [0.1, 0.15) is 26.2 Å². The number of alkyl halides is 1. The van der Waals surface area contributed by atoms with Crippen LogP contribution in [0.5, 0.6) is 0 Å². The number of halogens is 1. The van der Waals surface area contributed by atoms with Crippen molar-refractivity contribution in [2.24, 2.45) is 11.8 Å². The molecule has 0 aromatic rings. The van der Waals surface area contributed by atoms with Crippen molar-refractivity contribution in [1.82, 2.24) is 0 Å². The molecule has 1 aliphatic carbocycles. The molecule has 0 radical (unpaired) electrons. The average molecular weight is 178 g/mol. The normalized spacial score (nSPS) is 37.9. The van der Waals surface area contributed by atoms with Gasteiger partial charge in [0.2, 0.25) is 0 Å². The van der Waals surface area contributed by atoms with Gasteiger partial charge in [-0.25, -0.2) is 4.39 Å². The van der Waals surface area contributed by atoms with Crippen molar-refractivity contribution in [3.8, 4) is 0 Å². The highest BCUT2D eigenvalue weighted by Gasteiger charge is 2.31. The zero-order valence-corrected chi connectivity index (χ0v) is 8.08. The van der Waals surface area contributed by atoms with E-state index < -0.39 is 6.17 Å². The molecule has 3 heteroatoms. The molecule has 0 aliphatic heterocycles. The molecule has 4 atom stereocenters. The third kappa shape index (κ3) is 2.68. The Kier molecular flexibility index (Phi) is 3.74. The van der Waals surface area contributed by atoms with Crippen molar-refractivity contribution >= 4 is 9.47 Å². The highest BCUT2D eigenvalue weighted by molar-refractivity contribution is 7.09. The maximum atomic E-state index is 13.1. The molecule has 1 fully saturated rings. The van der Waals surface area contributed by atoms with Gasteiger partial charge in [0, 0.05) is 9.47 Å². The monoisotopic (exact) mass is 178 g/mol. The predicted octanol–water partition coefficient (Wildman–Crippen LogP) is 2.57. The Morgan fingerprint density at radius 3 is 2.73 bits per heavy atom.